The first-order valence-electron chi connectivity index (χ1n) is 4.88. The fraction of sp³-hybridized carbons (Fsp3) is 0.364. The highest BCUT2D eigenvalue weighted by molar-refractivity contribution is 7.92. The van der Waals surface area contributed by atoms with E-state index < -0.39 is 21.6 Å². The first kappa shape index (κ1) is 12.7. The van der Waals surface area contributed by atoms with Gasteiger partial charge in [0.15, 0.2) is 9.84 Å². The molecule has 0 aromatic heterocycles. The third kappa shape index (κ3) is 4.02. The molecule has 0 heterocycles. The van der Waals surface area contributed by atoms with Gasteiger partial charge in [0, 0.05) is 0 Å². The van der Waals surface area contributed by atoms with Crippen molar-refractivity contribution in [2.24, 2.45) is 0 Å². The smallest absolute Gasteiger partial charge is 0.318 e. The van der Waals surface area contributed by atoms with Gasteiger partial charge in [-0.25, -0.2) is 8.42 Å². The minimum Gasteiger partial charge on any atom is -0.480 e. The normalized spacial score (nSPS) is 13.3. The second kappa shape index (κ2) is 5.12. The van der Waals surface area contributed by atoms with Crippen LogP contribution in [0.25, 0.3) is 0 Å². The van der Waals surface area contributed by atoms with Gasteiger partial charge in [-0.1, -0.05) is 37.3 Å². The van der Waals surface area contributed by atoms with Gasteiger partial charge in [-0.05, 0) is 11.5 Å². The van der Waals surface area contributed by atoms with E-state index in [2.05, 4.69) is 0 Å². The molecule has 0 radical (unpaired) electrons. The van der Waals surface area contributed by atoms with Crippen LogP contribution in [0.15, 0.2) is 30.3 Å². The molecule has 0 bridgehead atoms. The van der Waals surface area contributed by atoms with Crippen molar-refractivity contribution in [2.75, 3.05) is 11.5 Å². The van der Waals surface area contributed by atoms with Gasteiger partial charge in [0.25, 0.3) is 0 Å². The summed E-state index contributed by atoms with van der Waals surface area (Å²) in [6.45, 7) is 1.77. The molecule has 0 amide bonds. The summed E-state index contributed by atoms with van der Waals surface area (Å²) in [4.78, 5) is 10.4. The van der Waals surface area contributed by atoms with Gasteiger partial charge in [-0.15, -0.1) is 0 Å². The predicted octanol–water partition coefficient (Wildman–Crippen LogP) is 1.29. The van der Waals surface area contributed by atoms with Crippen LogP contribution in [0, 0.1) is 0 Å². The molecule has 0 saturated carbocycles. The van der Waals surface area contributed by atoms with Crippen molar-refractivity contribution in [3.63, 3.8) is 0 Å². The van der Waals surface area contributed by atoms with E-state index in [1.807, 2.05) is 30.3 Å². The molecule has 0 fully saturated rings. The molecule has 0 aliphatic carbocycles. The van der Waals surface area contributed by atoms with Gasteiger partial charge >= 0.3 is 5.97 Å². The third-order valence-electron chi connectivity index (χ3n) is 2.22. The minimum atomic E-state index is -3.53. The Morgan fingerprint density at radius 3 is 2.38 bits per heavy atom. The topological polar surface area (TPSA) is 71.4 Å². The van der Waals surface area contributed by atoms with Gasteiger partial charge < -0.3 is 5.11 Å². The number of carboxylic acid groups (broad SMARTS) is 1. The standard InChI is InChI=1S/C11H14O4S/c1-9(10-5-3-2-4-6-10)7-16(14,15)8-11(12)13/h2-6,9H,7-8H2,1H3,(H,12,13). The van der Waals surface area contributed by atoms with Crippen molar-refractivity contribution >= 4 is 15.8 Å². The number of hydrogen-bond donors (Lipinski definition) is 1. The quantitative estimate of drug-likeness (QED) is 0.844. The van der Waals surface area contributed by atoms with E-state index in [4.69, 9.17) is 5.11 Å². The molecule has 0 aliphatic heterocycles. The Bertz CT molecular complexity index is 450. The van der Waals surface area contributed by atoms with Gasteiger partial charge in [-0.3, -0.25) is 4.79 Å². The average molecular weight is 242 g/mol. The van der Waals surface area contributed by atoms with Gasteiger partial charge in [-0.2, -0.15) is 0 Å². The number of sulfone groups is 1. The Balaban J connectivity index is 2.72. The maximum Gasteiger partial charge on any atom is 0.318 e. The highest BCUT2D eigenvalue weighted by Crippen LogP contribution is 2.16. The Morgan fingerprint density at radius 2 is 1.88 bits per heavy atom. The van der Waals surface area contributed by atoms with Crippen LogP contribution in [-0.4, -0.2) is 31.0 Å². The maximum absolute atomic E-state index is 11.4. The second-order valence-corrected chi connectivity index (χ2v) is 5.87. The zero-order valence-electron chi connectivity index (χ0n) is 8.96. The van der Waals surface area contributed by atoms with E-state index in [0.29, 0.717) is 0 Å². The highest BCUT2D eigenvalue weighted by atomic mass is 32.2. The van der Waals surface area contributed by atoms with Gasteiger partial charge in [0.1, 0.15) is 5.75 Å². The Morgan fingerprint density at radius 1 is 1.31 bits per heavy atom. The van der Waals surface area contributed by atoms with E-state index in [-0.39, 0.29) is 11.7 Å². The lowest BCUT2D eigenvalue weighted by atomic mass is 10.0. The zero-order chi connectivity index (χ0) is 12.2. The minimum absolute atomic E-state index is 0.136. The fourth-order valence-corrected chi connectivity index (χ4v) is 2.95. The summed E-state index contributed by atoms with van der Waals surface area (Å²) in [5.41, 5.74) is 0.900. The summed E-state index contributed by atoms with van der Waals surface area (Å²) in [7, 11) is -3.53. The third-order valence-corrected chi connectivity index (χ3v) is 3.91. The number of benzene rings is 1. The lowest BCUT2D eigenvalue weighted by Crippen LogP contribution is -2.21. The zero-order valence-corrected chi connectivity index (χ0v) is 9.78. The largest absolute Gasteiger partial charge is 0.480 e. The van der Waals surface area contributed by atoms with Crippen molar-refractivity contribution in [1.29, 1.82) is 0 Å². The lowest BCUT2D eigenvalue weighted by Gasteiger charge is -2.11. The van der Waals surface area contributed by atoms with Crippen LogP contribution in [-0.2, 0) is 14.6 Å². The molecule has 1 aromatic carbocycles. The van der Waals surface area contributed by atoms with Crippen molar-refractivity contribution in [3.8, 4) is 0 Å². The Kier molecular flexibility index (Phi) is 4.06. The summed E-state index contributed by atoms with van der Waals surface area (Å²) in [5.74, 6) is -2.43. The SMILES string of the molecule is CC(CS(=O)(=O)CC(=O)O)c1ccccc1. The molecule has 5 heteroatoms. The van der Waals surface area contributed by atoms with Crippen molar-refractivity contribution in [3.05, 3.63) is 35.9 Å². The van der Waals surface area contributed by atoms with E-state index in [1.165, 1.54) is 0 Å². The first-order valence-corrected chi connectivity index (χ1v) is 6.70. The molecule has 1 rings (SSSR count). The van der Waals surface area contributed by atoms with Gasteiger partial charge in [0.2, 0.25) is 0 Å². The number of aliphatic carboxylic acids is 1. The Labute approximate surface area is 94.8 Å². The van der Waals surface area contributed by atoms with Crippen LogP contribution in [0.5, 0.6) is 0 Å². The van der Waals surface area contributed by atoms with E-state index in [0.717, 1.165) is 5.56 Å². The maximum atomic E-state index is 11.4. The van der Waals surface area contributed by atoms with Crippen LogP contribution >= 0.6 is 0 Å². The molecule has 1 unspecified atom stereocenters. The molecule has 88 valence electrons. The number of carbonyl (C=O) groups is 1. The van der Waals surface area contributed by atoms with Crippen molar-refractivity contribution < 1.29 is 18.3 Å². The second-order valence-electron chi connectivity index (χ2n) is 3.76. The summed E-state index contributed by atoms with van der Waals surface area (Å²) < 4.78 is 22.9. The van der Waals surface area contributed by atoms with Crippen molar-refractivity contribution in [1.82, 2.24) is 0 Å². The number of carboxylic acids is 1. The number of rotatable bonds is 5. The molecule has 0 spiro atoms. The number of hydrogen-bond acceptors (Lipinski definition) is 3. The molecule has 1 atom stereocenters. The lowest BCUT2D eigenvalue weighted by molar-refractivity contribution is -0.134. The predicted molar refractivity (Wildman–Crippen MR) is 61.1 cm³/mol. The molecular formula is C11H14O4S. The van der Waals surface area contributed by atoms with E-state index in [1.54, 1.807) is 6.92 Å². The Hall–Kier alpha value is -1.36. The fourth-order valence-electron chi connectivity index (χ4n) is 1.51. The molecule has 4 nitrogen and oxygen atoms in total. The van der Waals surface area contributed by atoms with Crippen LogP contribution in [0.4, 0.5) is 0 Å². The van der Waals surface area contributed by atoms with Crippen LogP contribution in [0.2, 0.25) is 0 Å². The molecule has 1 aromatic rings. The van der Waals surface area contributed by atoms with Crippen LogP contribution < -0.4 is 0 Å². The molecule has 16 heavy (non-hydrogen) atoms. The summed E-state index contributed by atoms with van der Waals surface area (Å²) >= 11 is 0. The molecule has 0 saturated heterocycles. The highest BCUT2D eigenvalue weighted by Gasteiger charge is 2.20. The van der Waals surface area contributed by atoms with Crippen LogP contribution in [0.3, 0.4) is 0 Å². The molecule has 1 N–H and O–H groups in total. The monoisotopic (exact) mass is 242 g/mol. The molecular weight excluding hydrogens is 228 g/mol. The summed E-state index contributed by atoms with van der Waals surface area (Å²) in [6.07, 6.45) is 0. The van der Waals surface area contributed by atoms with Gasteiger partial charge in [0.05, 0.1) is 5.75 Å². The van der Waals surface area contributed by atoms with E-state index >= 15 is 0 Å². The summed E-state index contributed by atoms with van der Waals surface area (Å²) in [6, 6.07) is 9.18. The first-order chi connectivity index (χ1) is 7.41. The van der Waals surface area contributed by atoms with Crippen molar-refractivity contribution in [2.45, 2.75) is 12.8 Å². The molecule has 0 aliphatic rings. The summed E-state index contributed by atoms with van der Waals surface area (Å²) in [5, 5.41) is 8.45. The average Bonchev–Trinajstić information content (AvgIpc) is 2.16. The van der Waals surface area contributed by atoms with Crippen LogP contribution in [0.1, 0.15) is 18.4 Å². The van der Waals surface area contributed by atoms with E-state index in [9.17, 15) is 13.2 Å².